The Hall–Kier alpha value is -2.50. The Kier molecular flexibility index (Phi) is 5.32. The summed E-state index contributed by atoms with van der Waals surface area (Å²) in [6.45, 7) is 2.72. The van der Waals surface area contributed by atoms with Crippen molar-refractivity contribution in [1.82, 2.24) is 14.5 Å². The molecule has 6 heteroatoms. The van der Waals surface area contributed by atoms with Crippen molar-refractivity contribution in [2.24, 2.45) is 0 Å². The summed E-state index contributed by atoms with van der Waals surface area (Å²) in [5, 5.41) is 3.57. The van der Waals surface area contributed by atoms with Crippen LogP contribution in [0.15, 0.2) is 30.6 Å². The van der Waals surface area contributed by atoms with Crippen molar-refractivity contribution in [2.45, 2.75) is 51.1 Å². The zero-order valence-corrected chi connectivity index (χ0v) is 16.0. The van der Waals surface area contributed by atoms with Crippen molar-refractivity contribution in [3.05, 3.63) is 42.0 Å². The van der Waals surface area contributed by atoms with Crippen molar-refractivity contribution in [2.75, 3.05) is 25.5 Å². The molecule has 0 radical (unpaired) electrons. The van der Waals surface area contributed by atoms with Gasteiger partial charge in [-0.15, -0.1) is 0 Å². The van der Waals surface area contributed by atoms with Crippen LogP contribution in [0.4, 0.5) is 5.69 Å². The van der Waals surface area contributed by atoms with Gasteiger partial charge < -0.3 is 19.5 Å². The van der Waals surface area contributed by atoms with Crippen LogP contribution in [-0.2, 0) is 6.54 Å². The van der Waals surface area contributed by atoms with Crippen molar-refractivity contribution < 1.29 is 9.53 Å². The van der Waals surface area contributed by atoms with Crippen LogP contribution < -0.4 is 10.1 Å². The van der Waals surface area contributed by atoms with Crippen LogP contribution in [-0.4, -0.2) is 40.6 Å². The lowest BCUT2D eigenvalue weighted by Crippen LogP contribution is -2.31. The first kappa shape index (κ1) is 17.9. The number of hydrogen-bond acceptors (Lipinski definition) is 4. The summed E-state index contributed by atoms with van der Waals surface area (Å²) in [6.07, 6.45) is 10.6. The zero-order chi connectivity index (χ0) is 18.6. The lowest BCUT2D eigenvalue weighted by Gasteiger charge is -2.26. The molecule has 6 nitrogen and oxygen atoms in total. The van der Waals surface area contributed by atoms with E-state index >= 15 is 0 Å². The van der Waals surface area contributed by atoms with Crippen molar-refractivity contribution >= 4 is 11.6 Å². The first-order valence-electron chi connectivity index (χ1n) is 10.0. The quantitative estimate of drug-likeness (QED) is 0.890. The number of rotatable bonds is 4. The third kappa shape index (κ3) is 3.80. The van der Waals surface area contributed by atoms with Crippen LogP contribution >= 0.6 is 0 Å². The highest BCUT2D eigenvalue weighted by Crippen LogP contribution is 2.33. The lowest BCUT2D eigenvalue weighted by molar-refractivity contribution is 0.0761. The van der Waals surface area contributed by atoms with E-state index < -0.39 is 0 Å². The molecule has 1 saturated heterocycles. The Morgan fingerprint density at radius 3 is 2.74 bits per heavy atom. The number of carbonyl (C=O) groups is 1. The minimum atomic E-state index is 0.118. The van der Waals surface area contributed by atoms with E-state index in [1.807, 2.05) is 35.5 Å². The molecule has 1 N–H and O–H groups in total. The molecule has 2 aromatic rings. The molecule has 27 heavy (non-hydrogen) atoms. The van der Waals surface area contributed by atoms with Gasteiger partial charge in [-0.25, -0.2) is 4.98 Å². The van der Waals surface area contributed by atoms with Gasteiger partial charge >= 0.3 is 0 Å². The Morgan fingerprint density at radius 2 is 1.96 bits per heavy atom. The number of aryl methyl sites for hydroxylation is 1. The highest BCUT2D eigenvalue weighted by atomic mass is 16.5. The van der Waals surface area contributed by atoms with E-state index in [9.17, 15) is 4.79 Å². The summed E-state index contributed by atoms with van der Waals surface area (Å²) in [6, 6.07) is 5.83. The first-order chi connectivity index (χ1) is 13.3. The summed E-state index contributed by atoms with van der Waals surface area (Å²) in [4.78, 5) is 19.5. The fourth-order valence-electron chi connectivity index (χ4n) is 4.15. The van der Waals surface area contributed by atoms with Crippen molar-refractivity contribution in [1.29, 1.82) is 0 Å². The van der Waals surface area contributed by atoms with Crippen LogP contribution in [0, 0.1) is 0 Å². The Balaban J connectivity index is 1.57. The maximum Gasteiger partial charge on any atom is 0.253 e. The minimum Gasteiger partial charge on any atom is -0.495 e. The number of likely N-dealkylation sites (tertiary alicyclic amines) is 1. The number of nitrogens with zero attached hydrogens (tertiary/aromatic N) is 3. The van der Waals surface area contributed by atoms with Gasteiger partial charge in [0.25, 0.3) is 5.91 Å². The number of anilines is 1. The number of ether oxygens (including phenoxy) is 1. The Morgan fingerprint density at radius 1 is 1.15 bits per heavy atom. The van der Waals surface area contributed by atoms with Gasteiger partial charge in [0, 0.05) is 37.6 Å². The van der Waals surface area contributed by atoms with E-state index in [4.69, 9.17) is 4.74 Å². The second kappa shape index (κ2) is 8.03. The van der Waals surface area contributed by atoms with Gasteiger partial charge in [0.15, 0.2) is 0 Å². The number of methoxy groups -OCH3 is 1. The predicted molar refractivity (Wildman–Crippen MR) is 105 cm³/mol. The normalized spacial score (nSPS) is 19.9. The van der Waals surface area contributed by atoms with Crippen LogP contribution in [0.5, 0.6) is 5.75 Å². The standard InChI is InChI=1S/C21H28N4O2/c1-27-19-9-8-16(21(26)25-11-4-2-3-5-12-25)15-18(19)23-17-7-6-13-24-14-10-22-20(17)24/h8-10,14-15,17,23H,2-7,11-13H2,1H3. The monoisotopic (exact) mass is 368 g/mol. The fourth-order valence-corrected chi connectivity index (χ4v) is 4.15. The molecule has 0 aliphatic carbocycles. The molecule has 1 aromatic carbocycles. The van der Waals surface area contributed by atoms with Gasteiger partial charge in [0.2, 0.25) is 0 Å². The number of nitrogens with one attached hydrogen (secondary N) is 1. The first-order valence-corrected chi connectivity index (χ1v) is 10.0. The molecule has 0 bridgehead atoms. The molecule has 1 amide bonds. The second-order valence-electron chi connectivity index (χ2n) is 7.44. The predicted octanol–water partition coefficient (Wildman–Crippen LogP) is 3.85. The second-order valence-corrected chi connectivity index (χ2v) is 7.44. The van der Waals surface area contributed by atoms with E-state index in [0.29, 0.717) is 0 Å². The van der Waals surface area contributed by atoms with Gasteiger partial charge in [0.1, 0.15) is 11.6 Å². The smallest absolute Gasteiger partial charge is 0.253 e. The summed E-state index contributed by atoms with van der Waals surface area (Å²) in [7, 11) is 1.67. The molecule has 4 rings (SSSR count). The molecular weight excluding hydrogens is 340 g/mol. The van der Waals surface area contributed by atoms with Crippen molar-refractivity contribution in [3.8, 4) is 5.75 Å². The third-order valence-electron chi connectivity index (χ3n) is 5.62. The van der Waals surface area contributed by atoms with Gasteiger partial charge in [-0.05, 0) is 43.9 Å². The summed E-state index contributed by atoms with van der Waals surface area (Å²) < 4.78 is 7.74. The minimum absolute atomic E-state index is 0.118. The SMILES string of the molecule is COc1ccc(C(=O)N2CCCCCC2)cc1NC1CCCn2ccnc21. The summed E-state index contributed by atoms with van der Waals surface area (Å²) in [5.74, 6) is 1.92. The highest BCUT2D eigenvalue weighted by Gasteiger charge is 2.24. The molecule has 1 aromatic heterocycles. The zero-order valence-electron chi connectivity index (χ0n) is 16.0. The van der Waals surface area contributed by atoms with Crippen LogP contribution in [0.25, 0.3) is 0 Å². The maximum atomic E-state index is 13.0. The van der Waals surface area contributed by atoms with Gasteiger partial charge in [0.05, 0.1) is 18.8 Å². The molecule has 1 unspecified atom stereocenters. The average Bonchev–Trinajstić information content (AvgIpc) is 3.02. The topological polar surface area (TPSA) is 59.4 Å². The molecule has 0 saturated carbocycles. The highest BCUT2D eigenvalue weighted by molar-refractivity contribution is 5.95. The molecule has 2 aliphatic heterocycles. The van der Waals surface area contributed by atoms with Crippen LogP contribution in [0.3, 0.4) is 0 Å². The molecule has 3 heterocycles. The number of hydrogen-bond donors (Lipinski definition) is 1. The van der Waals surface area contributed by atoms with E-state index in [0.717, 1.165) is 68.1 Å². The Bertz CT molecular complexity index is 793. The average molecular weight is 368 g/mol. The van der Waals surface area contributed by atoms with E-state index in [1.54, 1.807) is 7.11 Å². The third-order valence-corrected chi connectivity index (χ3v) is 5.62. The molecule has 1 fully saturated rings. The van der Waals surface area contributed by atoms with Gasteiger partial charge in [-0.2, -0.15) is 0 Å². The number of amides is 1. The van der Waals surface area contributed by atoms with E-state index in [-0.39, 0.29) is 11.9 Å². The van der Waals surface area contributed by atoms with Gasteiger partial charge in [-0.1, -0.05) is 12.8 Å². The van der Waals surface area contributed by atoms with Gasteiger partial charge in [-0.3, -0.25) is 4.79 Å². The molecule has 0 spiro atoms. The van der Waals surface area contributed by atoms with Crippen LogP contribution in [0.2, 0.25) is 0 Å². The number of benzene rings is 1. The number of carbonyl (C=O) groups excluding carboxylic acids is 1. The number of aromatic nitrogens is 2. The maximum absolute atomic E-state index is 13.0. The number of imidazole rings is 1. The molecule has 1 atom stereocenters. The summed E-state index contributed by atoms with van der Waals surface area (Å²) >= 11 is 0. The van der Waals surface area contributed by atoms with E-state index in [1.165, 1.54) is 12.8 Å². The lowest BCUT2D eigenvalue weighted by atomic mass is 10.1. The molecule has 2 aliphatic rings. The Labute approximate surface area is 160 Å². The largest absolute Gasteiger partial charge is 0.495 e. The summed E-state index contributed by atoms with van der Waals surface area (Å²) in [5.41, 5.74) is 1.58. The molecular formula is C21H28N4O2. The van der Waals surface area contributed by atoms with Crippen LogP contribution in [0.1, 0.15) is 60.7 Å². The van der Waals surface area contributed by atoms with Crippen molar-refractivity contribution in [3.63, 3.8) is 0 Å². The fraction of sp³-hybridized carbons (Fsp3) is 0.524. The number of fused-ring (bicyclic) bond motifs is 1. The molecule has 144 valence electrons. The van der Waals surface area contributed by atoms with E-state index in [2.05, 4.69) is 14.9 Å².